The number of carbonyl (C=O) groups is 1. The molecule has 39 heavy (non-hydrogen) atoms. The maximum Gasteiger partial charge on any atom is 0.307 e. The minimum Gasteiger partial charge on any atom is -0.460 e. The zero-order valence-electron chi connectivity index (χ0n) is 25.9. The predicted molar refractivity (Wildman–Crippen MR) is 174 cm³/mol. The number of piperidine rings is 1. The van der Waals surface area contributed by atoms with Gasteiger partial charge in [0.05, 0.1) is 22.2 Å². The van der Waals surface area contributed by atoms with Gasteiger partial charge in [0.25, 0.3) is 0 Å². The van der Waals surface area contributed by atoms with Gasteiger partial charge in [-0.15, -0.1) is 9.24 Å². The van der Waals surface area contributed by atoms with Crippen molar-refractivity contribution in [3.05, 3.63) is 23.0 Å². The van der Waals surface area contributed by atoms with E-state index in [2.05, 4.69) is 32.9 Å². The Morgan fingerprint density at radius 1 is 1.21 bits per heavy atom. The van der Waals surface area contributed by atoms with E-state index in [1.54, 1.807) is 19.1 Å². The fourth-order valence-corrected chi connectivity index (χ4v) is 6.12. The third-order valence-corrected chi connectivity index (χ3v) is 7.73. The van der Waals surface area contributed by atoms with Crippen molar-refractivity contribution in [2.75, 3.05) is 6.66 Å². The van der Waals surface area contributed by atoms with E-state index in [0.29, 0.717) is 33.3 Å². The molecule has 1 fully saturated rings. The number of benzene rings is 1. The summed E-state index contributed by atoms with van der Waals surface area (Å²) in [5.41, 5.74) is 0.355. The molecule has 0 aliphatic carbocycles. The second-order valence-electron chi connectivity index (χ2n) is 11.1. The van der Waals surface area contributed by atoms with Gasteiger partial charge in [-0.1, -0.05) is 59.8 Å². The maximum atomic E-state index is 13.8. The van der Waals surface area contributed by atoms with E-state index in [4.69, 9.17) is 20.8 Å². The number of ether oxygens (including phenoxy) is 1. The van der Waals surface area contributed by atoms with Crippen molar-refractivity contribution in [3.63, 3.8) is 0 Å². The number of aromatic nitrogens is 1. The van der Waals surface area contributed by atoms with Crippen LogP contribution < -0.4 is 5.32 Å². The number of fused-ring (bicyclic) bond motifs is 1. The SMILES string of the molecule is C=BC.CC.CCC1CC(S(=O)c2c(Cl)ccc3nc(C(C)(C)C)oc23)C[C@@H](CC(=O)OC(C)(C)C)N1.CP. The second kappa shape index (κ2) is 17.7. The molecule has 0 bridgehead atoms. The Kier molecular flexibility index (Phi) is 17.2. The summed E-state index contributed by atoms with van der Waals surface area (Å²) in [7, 11) is 1.01. The van der Waals surface area contributed by atoms with Gasteiger partial charge in [-0.05, 0) is 52.2 Å². The monoisotopic (exact) mass is 600 g/mol. The molecule has 0 radical (unpaired) electrons. The first-order valence-electron chi connectivity index (χ1n) is 13.8. The van der Waals surface area contributed by atoms with Gasteiger partial charge in [0.1, 0.15) is 16.0 Å². The van der Waals surface area contributed by atoms with Crippen molar-refractivity contribution >= 4 is 62.1 Å². The smallest absolute Gasteiger partial charge is 0.307 e. The molecule has 0 saturated carbocycles. The number of nitrogens with one attached hydrogen (secondary N) is 1. The van der Waals surface area contributed by atoms with Crippen molar-refractivity contribution in [2.24, 2.45) is 0 Å². The summed E-state index contributed by atoms with van der Waals surface area (Å²) in [5.74, 6) is 0.342. The number of hydrogen-bond donors (Lipinski definition) is 1. The van der Waals surface area contributed by atoms with Crippen molar-refractivity contribution in [1.82, 2.24) is 10.3 Å². The molecule has 0 spiro atoms. The fraction of sp³-hybridized carbons (Fsp3) is 0.690. The number of oxazole rings is 1. The molecule has 2 aromatic rings. The van der Waals surface area contributed by atoms with Crippen LogP contribution in [0.3, 0.4) is 0 Å². The summed E-state index contributed by atoms with van der Waals surface area (Å²) in [6.45, 7) is 26.7. The van der Waals surface area contributed by atoms with E-state index < -0.39 is 16.4 Å². The average molecular weight is 601 g/mol. The summed E-state index contributed by atoms with van der Waals surface area (Å²) in [6.07, 6.45) is 2.46. The number of esters is 1. The van der Waals surface area contributed by atoms with Crippen LogP contribution in [0.25, 0.3) is 11.1 Å². The Balaban J connectivity index is 0.00000189. The normalized spacial score (nSPS) is 19.7. The van der Waals surface area contributed by atoms with Crippen LogP contribution >= 0.6 is 20.8 Å². The summed E-state index contributed by atoms with van der Waals surface area (Å²) >= 11 is 6.53. The third-order valence-electron chi connectivity index (χ3n) is 5.50. The molecular formula is C29H51BClN2O4PS. The van der Waals surface area contributed by atoms with Gasteiger partial charge in [-0.25, -0.2) is 4.98 Å². The summed E-state index contributed by atoms with van der Waals surface area (Å²) < 4.78 is 25.4. The van der Waals surface area contributed by atoms with Gasteiger partial charge in [-0.3, -0.25) is 9.00 Å². The van der Waals surface area contributed by atoms with Crippen LogP contribution in [0.2, 0.25) is 11.8 Å². The molecule has 1 N–H and O–H groups in total. The Hall–Kier alpha value is -1.08. The van der Waals surface area contributed by atoms with Gasteiger partial charge >= 0.3 is 26.2 Å². The van der Waals surface area contributed by atoms with Gasteiger partial charge in [0.2, 0.25) is 5.89 Å². The van der Waals surface area contributed by atoms with E-state index in [-0.39, 0.29) is 35.1 Å². The van der Waals surface area contributed by atoms with Crippen LogP contribution in [-0.2, 0) is 25.7 Å². The zero-order chi connectivity index (χ0) is 30.6. The van der Waals surface area contributed by atoms with Crippen LogP contribution in [0.15, 0.2) is 21.4 Å². The predicted octanol–water partition coefficient (Wildman–Crippen LogP) is 7.21. The molecule has 1 aromatic heterocycles. The first kappa shape index (κ1) is 37.9. The van der Waals surface area contributed by atoms with Gasteiger partial charge < -0.3 is 14.5 Å². The number of halogens is 1. The molecule has 0 amide bonds. The Labute approximate surface area is 247 Å². The van der Waals surface area contributed by atoms with E-state index in [9.17, 15) is 9.00 Å². The standard InChI is InChI=1S/C24H35ClN2O4S.C2H5B.C2H6.CH5P/c1-8-14-11-16(12-15(26-14)13-19(28)31-24(5,6)7)32(29)21-17(25)9-10-18-20(21)30-22(27-18)23(2,3)4;1-3-2;2*1-2/h9-10,14-16,26H,8,11-13H2,1-7H3;1H2,2H3;1-2H3;2H2,1H3/t14?,15-,16?,32?;;;/m0.../s1. The van der Waals surface area contributed by atoms with Crippen molar-refractivity contribution in [1.29, 1.82) is 0 Å². The molecule has 2 heterocycles. The van der Waals surface area contributed by atoms with E-state index in [1.165, 1.54) is 0 Å². The van der Waals surface area contributed by atoms with E-state index >= 15 is 0 Å². The molecule has 1 saturated heterocycles. The molecular weight excluding hydrogens is 550 g/mol. The Morgan fingerprint density at radius 2 is 1.74 bits per heavy atom. The van der Waals surface area contributed by atoms with Crippen molar-refractivity contribution in [3.8, 4) is 0 Å². The van der Waals surface area contributed by atoms with Crippen LogP contribution in [0.5, 0.6) is 0 Å². The molecule has 5 atom stereocenters. The molecule has 3 rings (SSSR count). The molecule has 1 aliphatic rings. The number of carbonyl (C=O) groups excluding carboxylic acids is 1. The van der Waals surface area contributed by atoms with Crippen LogP contribution in [0, 0.1) is 0 Å². The van der Waals surface area contributed by atoms with Gasteiger partial charge in [0, 0.05) is 22.7 Å². The molecule has 6 nitrogen and oxygen atoms in total. The maximum absolute atomic E-state index is 13.8. The van der Waals surface area contributed by atoms with Crippen LogP contribution in [-0.4, -0.2) is 58.2 Å². The molecule has 4 unspecified atom stereocenters. The second-order valence-corrected chi connectivity index (χ2v) is 13.1. The quantitative estimate of drug-likeness (QED) is 0.222. The first-order chi connectivity index (χ1) is 18.2. The zero-order valence-corrected chi connectivity index (χ0v) is 28.7. The van der Waals surface area contributed by atoms with E-state index in [0.717, 1.165) is 12.8 Å². The average Bonchev–Trinajstić information content (AvgIpc) is 3.30. The summed E-state index contributed by atoms with van der Waals surface area (Å²) in [6, 6.07) is 3.61. The third kappa shape index (κ3) is 12.1. The number of nitrogens with zero attached hydrogens (tertiary/aromatic N) is 1. The van der Waals surface area contributed by atoms with Crippen LogP contribution in [0.1, 0.15) is 93.9 Å². The number of rotatable bonds is 5. The first-order valence-corrected chi connectivity index (χ1v) is 16.6. The van der Waals surface area contributed by atoms with E-state index in [1.807, 2.05) is 68.9 Å². The molecule has 10 heteroatoms. The topological polar surface area (TPSA) is 81.4 Å². The van der Waals surface area contributed by atoms with Crippen molar-refractivity contribution in [2.45, 2.75) is 128 Å². The molecule has 222 valence electrons. The Bertz CT molecular complexity index is 1070. The van der Waals surface area contributed by atoms with Gasteiger partial charge in [-0.2, -0.15) is 0 Å². The fourth-order valence-electron chi connectivity index (χ4n) is 4.00. The number of hydrogen-bond acceptors (Lipinski definition) is 6. The van der Waals surface area contributed by atoms with Gasteiger partial charge in [0.15, 0.2) is 5.58 Å². The van der Waals surface area contributed by atoms with Crippen molar-refractivity contribution < 1.29 is 18.2 Å². The minimum atomic E-state index is -1.40. The largest absolute Gasteiger partial charge is 0.460 e. The Morgan fingerprint density at radius 3 is 2.23 bits per heavy atom. The summed E-state index contributed by atoms with van der Waals surface area (Å²) in [4.78, 5) is 17.5. The minimum absolute atomic E-state index is 0.102. The van der Waals surface area contributed by atoms with Crippen LogP contribution in [0.4, 0.5) is 0 Å². The summed E-state index contributed by atoms with van der Waals surface area (Å²) in [5, 5.41) is 3.79. The molecule has 1 aliphatic heterocycles. The molecule has 1 aromatic carbocycles.